The van der Waals surface area contributed by atoms with Gasteiger partial charge in [0.25, 0.3) is 0 Å². The molecule has 0 aliphatic heterocycles. The second-order valence-corrected chi connectivity index (χ2v) is 6.70. The molecular formula is C11H16F3N3O2S. The SMILES string of the molecule is CNc1cc(C(F)(F)F)cc(NC(C)CS(C)(=O)=O)n1. The molecule has 0 aliphatic rings. The summed E-state index contributed by atoms with van der Waals surface area (Å²) in [6.45, 7) is 1.56. The van der Waals surface area contributed by atoms with Gasteiger partial charge in [-0.2, -0.15) is 13.2 Å². The van der Waals surface area contributed by atoms with Crippen LogP contribution in [0.5, 0.6) is 0 Å². The third-order valence-corrected chi connectivity index (χ3v) is 3.46. The van der Waals surface area contributed by atoms with Gasteiger partial charge in [-0.1, -0.05) is 0 Å². The van der Waals surface area contributed by atoms with Gasteiger partial charge in [-0.05, 0) is 19.1 Å². The van der Waals surface area contributed by atoms with Crippen molar-refractivity contribution in [3.8, 4) is 0 Å². The van der Waals surface area contributed by atoms with Crippen LogP contribution in [0.25, 0.3) is 0 Å². The molecule has 1 aromatic rings. The lowest BCUT2D eigenvalue weighted by Crippen LogP contribution is -2.25. The summed E-state index contributed by atoms with van der Waals surface area (Å²) in [6, 6.07) is 1.18. The van der Waals surface area contributed by atoms with E-state index >= 15 is 0 Å². The number of pyridine rings is 1. The number of hydrogen-bond donors (Lipinski definition) is 2. The molecule has 9 heteroatoms. The molecule has 5 nitrogen and oxygen atoms in total. The van der Waals surface area contributed by atoms with Crippen LogP contribution in [0.1, 0.15) is 12.5 Å². The van der Waals surface area contributed by atoms with Crippen LogP contribution < -0.4 is 10.6 Å². The number of aromatic nitrogens is 1. The lowest BCUT2D eigenvalue weighted by molar-refractivity contribution is -0.137. The predicted octanol–water partition coefficient (Wildman–Crippen LogP) is 1.99. The lowest BCUT2D eigenvalue weighted by atomic mass is 10.2. The molecule has 1 aromatic heterocycles. The Balaban J connectivity index is 3.00. The zero-order valence-corrected chi connectivity index (χ0v) is 12.1. The van der Waals surface area contributed by atoms with Crippen molar-refractivity contribution in [3.63, 3.8) is 0 Å². The number of sulfone groups is 1. The highest BCUT2D eigenvalue weighted by Crippen LogP contribution is 2.32. The van der Waals surface area contributed by atoms with Gasteiger partial charge in [0.05, 0.1) is 11.3 Å². The van der Waals surface area contributed by atoms with Gasteiger partial charge >= 0.3 is 6.18 Å². The van der Waals surface area contributed by atoms with E-state index in [9.17, 15) is 21.6 Å². The molecule has 20 heavy (non-hydrogen) atoms. The van der Waals surface area contributed by atoms with E-state index in [1.165, 1.54) is 7.05 Å². The van der Waals surface area contributed by atoms with E-state index < -0.39 is 27.6 Å². The maximum Gasteiger partial charge on any atom is 0.416 e. The van der Waals surface area contributed by atoms with Crippen LogP contribution in [0.2, 0.25) is 0 Å². The molecule has 0 amide bonds. The van der Waals surface area contributed by atoms with E-state index in [1.54, 1.807) is 6.92 Å². The van der Waals surface area contributed by atoms with Crippen molar-refractivity contribution in [2.75, 3.05) is 29.7 Å². The van der Waals surface area contributed by atoms with Gasteiger partial charge in [-0.3, -0.25) is 0 Å². The van der Waals surface area contributed by atoms with E-state index in [4.69, 9.17) is 0 Å². The molecular weight excluding hydrogens is 295 g/mol. The van der Waals surface area contributed by atoms with E-state index in [1.807, 2.05) is 0 Å². The predicted molar refractivity (Wildman–Crippen MR) is 71.6 cm³/mol. The molecule has 114 valence electrons. The van der Waals surface area contributed by atoms with E-state index in [2.05, 4.69) is 15.6 Å². The maximum atomic E-state index is 12.7. The molecule has 0 bridgehead atoms. The second kappa shape index (κ2) is 5.86. The molecule has 0 aromatic carbocycles. The number of nitrogens with zero attached hydrogens (tertiary/aromatic N) is 1. The van der Waals surface area contributed by atoms with Gasteiger partial charge in [-0.25, -0.2) is 13.4 Å². The van der Waals surface area contributed by atoms with Gasteiger partial charge in [0.2, 0.25) is 0 Å². The van der Waals surface area contributed by atoms with Gasteiger partial charge in [-0.15, -0.1) is 0 Å². The van der Waals surface area contributed by atoms with Gasteiger partial charge in [0.1, 0.15) is 21.5 Å². The summed E-state index contributed by atoms with van der Waals surface area (Å²) in [5.74, 6) is -0.172. The fraction of sp³-hybridized carbons (Fsp3) is 0.545. The van der Waals surface area contributed by atoms with Crippen molar-refractivity contribution >= 4 is 21.5 Å². The molecule has 1 unspecified atom stereocenters. The summed E-state index contributed by atoms with van der Waals surface area (Å²) in [5, 5.41) is 5.19. The molecule has 1 heterocycles. The largest absolute Gasteiger partial charge is 0.416 e. The smallest absolute Gasteiger partial charge is 0.373 e. The van der Waals surface area contributed by atoms with Crippen molar-refractivity contribution in [3.05, 3.63) is 17.7 Å². The minimum atomic E-state index is -4.49. The normalized spacial score (nSPS) is 13.9. The quantitative estimate of drug-likeness (QED) is 0.870. The van der Waals surface area contributed by atoms with E-state index in [0.29, 0.717) is 0 Å². The average molecular weight is 311 g/mol. The molecule has 0 saturated heterocycles. The first-order valence-corrected chi connectivity index (χ1v) is 7.78. The van der Waals surface area contributed by atoms with Crippen LogP contribution in [-0.4, -0.2) is 38.5 Å². The third kappa shape index (κ3) is 5.24. The minimum absolute atomic E-state index is 0.0275. The van der Waals surface area contributed by atoms with E-state index in [-0.39, 0.29) is 17.4 Å². The molecule has 0 aliphatic carbocycles. The number of anilines is 2. The molecule has 1 atom stereocenters. The number of halogens is 3. The Morgan fingerprint density at radius 3 is 2.30 bits per heavy atom. The van der Waals surface area contributed by atoms with Crippen LogP contribution >= 0.6 is 0 Å². The monoisotopic (exact) mass is 311 g/mol. The van der Waals surface area contributed by atoms with Crippen molar-refractivity contribution < 1.29 is 21.6 Å². The molecule has 0 spiro atoms. The summed E-state index contributed by atoms with van der Waals surface area (Å²) in [6.07, 6.45) is -3.44. The van der Waals surface area contributed by atoms with Crippen molar-refractivity contribution in [1.82, 2.24) is 4.98 Å². The number of nitrogens with one attached hydrogen (secondary N) is 2. The number of hydrogen-bond acceptors (Lipinski definition) is 5. The number of alkyl halides is 3. The van der Waals surface area contributed by atoms with Gasteiger partial charge in [0, 0.05) is 19.3 Å². The Bertz CT molecular complexity index is 573. The molecule has 0 radical (unpaired) electrons. The summed E-state index contributed by atoms with van der Waals surface area (Å²) in [5.41, 5.74) is -0.856. The van der Waals surface area contributed by atoms with Crippen LogP contribution in [-0.2, 0) is 16.0 Å². The highest BCUT2D eigenvalue weighted by molar-refractivity contribution is 7.90. The molecule has 0 fully saturated rings. The van der Waals surface area contributed by atoms with Crippen LogP contribution in [0.15, 0.2) is 12.1 Å². The Morgan fingerprint density at radius 2 is 1.85 bits per heavy atom. The molecule has 0 saturated carbocycles. The first kappa shape index (κ1) is 16.5. The fourth-order valence-electron chi connectivity index (χ4n) is 1.64. The zero-order valence-electron chi connectivity index (χ0n) is 11.2. The van der Waals surface area contributed by atoms with Gasteiger partial charge in [0.15, 0.2) is 0 Å². The number of rotatable bonds is 5. The van der Waals surface area contributed by atoms with E-state index in [0.717, 1.165) is 18.4 Å². The van der Waals surface area contributed by atoms with Crippen LogP contribution in [0.4, 0.5) is 24.8 Å². The van der Waals surface area contributed by atoms with Crippen molar-refractivity contribution in [1.29, 1.82) is 0 Å². The Morgan fingerprint density at radius 1 is 1.30 bits per heavy atom. The first-order valence-electron chi connectivity index (χ1n) is 5.72. The van der Waals surface area contributed by atoms with Gasteiger partial charge < -0.3 is 10.6 Å². The summed E-state index contributed by atoms with van der Waals surface area (Å²) in [4.78, 5) is 3.92. The molecule has 2 N–H and O–H groups in total. The van der Waals surface area contributed by atoms with Crippen LogP contribution in [0.3, 0.4) is 0 Å². The van der Waals surface area contributed by atoms with Crippen LogP contribution in [0, 0.1) is 0 Å². The fourth-order valence-corrected chi connectivity index (χ4v) is 2.64. The Kier molecular flexibility index (Phi) is 4.85. The molecule has 1 rings (SSSR count). The van der Waals surface area contributed by atoms with Crippen molar-refractivity contribution in [2.24, 2.45) is 0 Å². The standard InChI is InChI=1S/C11H16F3N3O2S/c1-7(6-20(3,18)19)16-10-5-8(11(12,13)14)4-9(15-2)17-10/h4-5,7H,6H2,1-3H3,(H2,15,16,17). The second-order valence-electron chi connectivity index (χ2n) is 4.51. The topological polar surface area (TPSA) is 71.1 Å². The summed E-state index contributed by atoms with van der Waals surface area (Å²) < 4.78 is 60.4. The summed E-state index contributed by atoms with van der Waals surface area (Å²) >= 11 is 0. The maximum absolute atomic E-state index is 12.7. The average Bonchev–Trinajstić information content (AvgIpc) is 2.24. The zero-order chi connectivity index (χ0) is 15.6. The Hall–Kier alpha value is -1.51. The summed E-state index contributed by atoms with van der Waals surface area (Å²) in [7, 11) is -1.78. The Labute approximate surface area is 115 Å². The highest BCUT2D eigenvalue weighted by Gasteiger charge is 2.31. The minimum Gasteiger partial charge on any atom is -0.373 e. The third-order valence-electron chi connectivity index (χ3n) is 2.36. The highest BCUT2D eigenvalue weighted by atomic mass is 32.2. The van der Waals surface area contributed by atoms with Crippen molar-refractivity contribution in [2.45, 2.75) is 19.1 Å². The lowest BCUT2D eigenvalue weighted by Gasteiger charge is -2.16. The first-order chi connectivity index (χ1) is 9.01.